The molecule has 0 atom stereocenters. The highest BCUT2D eigenvalue weighted by molar-refractivity contribution is 5.96. The van der Waals surface area contributed by atoms with E-state index in [1.807, 2.05) is 58.0 Å². The summed E-state index contributed by atoms with van der Waals surface area (Å²) in [6, 6.07) is 15.0. The number of amides is 3. The number of anilines is 2. The van der Waals surface area contributed by atoms with Crippen molar-refractivity contribution in [2.24, 2.45) is 0 Å². The van der Waals surface area contributed by atoms with Crippen molar-refractivity contribution in [2.45, 2.75) is 39.5 Å². The first-order chi connectivity index (χ1) is 17.1. The smallest absolute Gasteiger partial charge is 0.322 e. The van der Waals surface area contributed by atoms with Crippen LogP contribution in [0.15, 0.2) is 54.6 Å². The molecular weight excluding hydrogens is 461 g/mol. The molecule has 3 aromatic rings. The van der Waals surface area contributed by atoms with Crippen molar-refractivity contribution in [3.05, 3.63) is 71.7 Å². The predicted molar refractivity (Wildman–Crippen MR) is 139 cm³/mol. The van der Waals surface area contributed by atoms with Crippen LogP contribution in [0.1, 0.15) is 38.4 Å². The van der Waals surface area contributed by atoms with Crippen molar-refractivity contribution < 1.29 is 18.7 Å². The van der Waals surface area contributed by atoms with Crippen molar-refractivity contribution >= 4 is 23.4 Å². The summed E-state index contributed by atoms with van der Waals surface area (Å²) < 4.78 is 20.8. The monoisotopic (exact) mass is 495 g/mol. The fraction of sp³-hybridized carbons (Fsp3) is 0.370. The highest BCUT2D eigenvalue weighted by atomic mass is 19.1. The topological polar surface area (TPSA) is 88.5 Å². The Labute approximate surface area is 211 Å². The zero-order valence-electron chi connectivity index (χ0n) is 21.5. The van der Waals surface area contributed by atoms with Gasteiger partial charge < -0.3 is 20.3 Å². The zero-order valence-corrected chi connectivity index (χ0v) is 21.5. The minimum Gasteiger partial charge on any atom is -0.385 e. The maximum atomic E-state index is 14.1. The largest absolute Gasteiger partial charge is 0.385 e. The van der Waals surface area contributed by atoms with Crippen LogP contribution in [-0.4, -0.2) is 53.4 Å². The second kappa shape index (κ2) is 11.8. The molecule has 0 fully saturated rings. The molecule has 192 valence electrons. The lowest BCUT2D eigenvalue weighted by molar-refractivity contribution is -0.116. The lowest BCUT2D eigenvalue weighted by atomic mass is 9.92. The van der Waals surface area contributed by atoms with Crippen molar-refractivity contribution in [2.75, 3.05) is 37.4 Å². The number of halogens is 1. The Balaban J connectivity index is 1.81. The van der Waals surface area contributed by atoms with Gasteiger partial charge in [0.2, 0.25) is 5.91 Å². The van der Waals surface area contributed by atoms with E-state index in [1.54, 1.807) is 17.9 Å². The molecule has 2 N–H and O–H groups in total. The molecule has 3 rings (SSSR count). The Kier molecular flexibility index (Phi) is 8.82. The Morgan fingerprint density at radius 2 is 1.78 bits per heavy atom. The Hall–Kier alpha value is -3.72. The molecule has 1 heterocycles. The third-order valence-electron chi connectivity index (χ3n) is 5.54. The van der Waals surface area contributed by atoms with Crippen LogP contribution in [0, 0.1) is 12.7 Å². The van der Waals surface area contributed by atoms with Crippen molar-refractivity contribution in [1.29, 1.82) is 0 Å². The van der Waals surface area contributed by atoms with Gasteiger partial charge in [-0.25, -0.2) is 13.9 Å². The van der Waals surface area contributed by atoms with Gasteiger partial charge in [-0.1, -0.05) is 50.6 Å². The number of ether oxygens (including phenoxy) is 1. The number of benzene rings is 2. The Morgan fingerprint density at radius 3 is 2.42 bits per heavy atom. The molecule has 8 nitrogen and oxygen atoms in total. The van der Waals surface area contributed by atoms with Gasteiger partial charge in [-0.3, -0.25) is 4.79 Å². The minimum atomic E-state index is -0.575. The van der Waals surface area contributed by atoms with Gasteiger partial charge in [-0.05, 0) is 37.6 Å². The summed E-state index contributed by atoms with van der Waals surface area (Å²) in [5, 5.41) is 10.2. The maximum Gasteiger partial charge on any atom is 0.322 e. The summed E-state index contributed by atoms with van der Waals surface area (Å²) in [5.74, 6) is -0.450. The lowest BCUT2D eigenvalue weighted by Gasteiger charge is -2.23. The van der Waals surface area contributed by atoms with Crippen molar-refractivity contribution in [1.82, 2.24) is 14.7 Å². The van der Waals surface area contributed by atoms with E-state index in [4.69, 9.17) is 9.84 Å². The zero-order chi connectivity index (χ0) is 26.3. The molecule has 0 aliphatic rings. The van der Waals surface area contributed by atoms with E-state index in [1.165, 1.54) is 23.1 Å². The summed E-state index contributed by atoms with van der Waals surface area (Å²) in [4.78, 5) is 27.3. The third-order valence-corrected chi connectivity index (χ3v) is 5.54. The minimum absolute atomic E-state index is 0.0481. The van der Waals surface area contributed by atoms with Crippen LogP contribution in [0.3, 0.4) is 0 Å². The number of para-hydroxylation sites is 1. The van der Waals surface area contributed by atoms with Gasteiger partial charge in [-0.15, -0.1) is 0 Å². The summed E-state index contributed by atoms with van der Waals surface area (Å²) >= 11 is 0. The first-order valence-electron chi connectivity index (χ1n) is 11.9. The van der Waals surface area contributed by atoms with Gasteiger partial charge >= 0.3 is 6.03 Å². The molecule has 0 radical (unpaired) electrons. The van der Waals surface area contributed by atoms with E-state index >= 15 is 0 Å². The van der Waals surface area contributed by atoms with E-state index in [-0.39, 0.29) is 24.2 Å². The molecule has 36 heavy (non-hydrogen) atoms. The van der Waals surface area contributed by atoms with Gasteiger partial charge in [0.05, 0.1) is 17.1 Å². The summed E-state index contributed by atoms with van der Waals surface area (Å²) in [5.41, 5.74) is 2.54. The van der Waals surface area contributed by atoms with E-state index < -0.39 is 17.8 Å². The summed E-state index contributed by atoms with van der Waals surface area (Å²) in [7, 11) is 1.56. The number of rotatable bonds is 9. The summed E-state index contributed by atoms with van der Waals surface area (Å²) in [6.45, 7) is 8.59. The van der Waals surface area contributed by atoms with Gasteiger partial charge in [0.1, 0.15) is 18.2 Å². The maximum absolute atomic E-state index is 14.1. The SMILES string of the molecule is COCCCN(CC(=O)Nc1cc(C(C)(C)C)nn1-c1ccc(C)cc1)C(=O)Nc1ccccc1F. The van der Waals surface area contributed by atoms with Gasteiger partial charge in [-0.2, -0.15) is 5.10 Å². The van der Waals surface area contributed by atoms with Crippen LogP contribution in [0.25, 0.3) is 5.69 Å². The van der Waals surface area contributed by atoms with E-state index in [2.05, 4.69) is 10.6 Å². The van der Waals surface area contributed by atoms with Crippen molar-refractivity contribution in [3.8, 4) is 5.69 Å². The highest BCUT2D eigenvalue weighted by Crippen LogP contribution is 2.26. The molecule has 0 unspecified atom stereocenters. The van der Waals surface area contributed by atoms with E-state index in [9.17, 15) is 14.0 Å². The molecule has 0 bridgehead atoms. The van der Waals surface area contributed by atoms with Gasteiger partial charge in [0.15, 0.2) is 0 Å². The molecule has 0 aliphatic heterocycles. The Morgan fingerprint density at radius 1 is 1.08 bits per heavy atom. The molecular formula is C27H34FN5O3. The van der Waals surface area contributed by atoms with Crippen LogP contribution in [0.5, 0.6) is 0 Å². The molecule has 3 amide bonds. The van der Waals surface area contributed by atoms with Crippen LogP contribution < -0.4 is 10.6 Å². The standard InChI is InChI=1S/C27H34FN5O3/c1-19-11-13-20(14-12-19)33-24(17-23(31-33)27(2,3)4)30-25(34)18-32(15-8-16-36-5)26(35)29-22-10-7-6-9-21(22)28/h6-7,9-14,17H,8,15-16,18H2,1-5H3,(H,29,35)(H,30,34). The number of carbonyl (C=O) groups excluding carboxylic acids is 2. The molecule has 0 saturated carbocycles. The summed E-state index contributed by atoms with van der Waals surface area (Å²) in [6.07, 6.45) is 0.518. The molecule has 1 aromatic heterocycles. The van der Waals surface area contributed by atoms with Gasteiger partial charge in [0, 0.05) is 31.7 Å². The van der Waals surface area contributed by atoms with Crippen LogP contribution >= 0.6 is 0 Å². The second-order valence-corrected chi connectivity index (χ2v) is 9.64. The highest BCUT2D eigenvalue weighted by Gasteiger charge is 2.23. The number of aryl methyl sites for hydroxylation is 1. The molecule has 2 aromatic carbocycles. The fourth-order valence-electron chi connectivity index (χ4n) is 3.48. The fourth-order valence-corrected chi connectivity index (χ4v) is 3.48. The quantitative estimate of drug-likeness (QED) is 0.403. The molecule has 9 heteroatoms. The van der Waals surface area contributed by atoms with Crippen LogP contribution in [0.2, 0.25) is 0 Å². The first-order valence-corrected chi connectivity index (χ1v) is 11.9. The molecule has 0 aliphatic carbocycles. The number of nitrogens with zero attached hydrogens (tertiary/aromatic N) is 3. The number of carbonyl (C=O) groups is 2. The van der Waals surface area contributed by atoms with Crippen LogP contribution in [0.4, 0.5) is 20.7 Å². The van der Waals surface area contributed by atoms with E-state index in [0.29, 0.717) is 18.8 Å². The first kappa shape index (κ1) is 26.9. The number of methoxy groups -OCH3 is 1. The van der Waals surface area contributed by atoms with Crippen LogP contribution in [-0.2, 0) is 14.9 Å². The second-order valence-electron chi connectivity index (χ2n) is 9.64. The molecule has 0 saturated heterocycles. The average Bonchev–Trinajstić information content (AvgIpc) is 3.24. The lowest BCUT2D eigenvalue weighted by Crippen LogP contribution is -2.41. The normalized spacial score (nSPS) is 11.3. The van der Waals surface area contributed by atoms with Gasteiger partial charge in [0.25, 0.3) is 0 Å². The number of aromatic nitrogens is 2. The average molecular weight is 496 g/mol. The number of urea groups is 1. The third kappa shape index (κ3) is 7.14. The number of hydrogen-bond acceptors (Lipinski definition) is 4. The predicted octanol–water partition coefficient (Wildman–Crippen LogP) is 5.13. The molecule has 0 spiro atoms. The number of hydrogen-bond donors (Lipinski definition) is 2. The Bertz CT molecular complexity index is 1180. The number of nitrogens with one attached hydrogen (secondary N) is 2. The van der Waals surface area contributed by atoms with Crippen molar-refractivity contribution in [3.63, 3.8) is 0 Å². The van der Waals surface area contributed by atoms with E-state index in [0.717, 1.165) is 16.9 Å².